The average molecular weight is 210 g/mol. The van der Waals surface area contributed by atoms with Gasteiger partial charge in [0.2, 0.25) is 0 Å². The van der Waals surface area contributed by atoms with E-state index in [1.54, 1.807) is 0 Å². The molecule has 0 saturated carbocycles. The third-order valence-electron chi connectivity index (χ3n) is 2.30. The van der Waals surface area contributed by atoms with E-state index in [4.69, 9.17) is 0 Å². The molecule has 0 bridgehead atoms. The lowest BCUT2D eigenvalue weighted by Gasteiger charge is -2.09. The topological polar surface area (TPSA) is 26.3 Å². The summed E-state index contributed by atoms with van der Waals surface area (Å²) in [5.74, 6) is -3.45. The molecule has 2 rings (SSSR count). The van der Waals surface area contributed by atoms with Crippen LogP contribution in [-0.4, -0.2) is 13.1 Å². The van der Waals surface area contributed by atoms with Crippen LogP contribution in [0.2, 0.25) is 0 Å². The van der Waals surface area contributed by atoms with E-state index in [1.165, 1.54) is 31.4 Å². The van der Waals surface area contributed by atoms with Crippen LogP contribution in [0.4, 0.5) is 8.78 Å². The molecule has 0 amide bonds. The number of methoxy groups -OCH3 is 1. The lowest BCUT2D eigenvalue weighted by molar-refractivity contribution is 0.0550. The Kier molecular flexibility index (Phi) is 2.07. The Bertz CT molecular complexity index is 450. The highest BCUT2D eigenvalue weighted by Gasteiger charge is 2.34. The van der Waals surface area contributed by atoms with Crippen molar-refractivity contribution in [3.8, 4) is 0 Å². The van der Waals surface area contributed by atoms with E-state index in [0.29, 0.717) is 5.56 Å². The van der Waals surface area contributed by atoms with Gasteiger partial charge < -0.3 is 4.74 Å². The van der Waals surface area contributed by atoms with Crippen LogP contribution >= 0.6 is 0 Å². The zero-order valence-corrected chi connectivity index (χ0v) is 7.96. The summed E-state index contributed by atoms with van der Waals surface area (Å²) in [6.45, 7) is 0. The monoisotopic (exact) mass is 210 g/mol. The maximum Gasteiger partial charge on any atom is 0.337 e. The van der Waals surface area contributed by atoms with Gasteiger partial charge in [0.15, 0.2) is 0 Å². The zero-order valence-electron chi connectivity index (χ0n) is 7.96. The summed E-state index contributed by atoms with van der Waals surface area (Å²) in [6.07, 6.45) is 2.13. The summed E-state index contributed by atoms with van der Waals surface area (Å²) in [7, 11) is 1.25. The van der Waals surface area contributed by atoms with Crippen LogP contribution in [0.3, 0.4) is 0 Å². The zero-order chi connectivity index (χ0) is 11.1. The fraction of sp³-hybridized carbons (Fsp3) is 0.182. The van der Waals surface area contributed by atoms with Gasteiger partial charge in [-0.25, -0.2) is 4.79 Å². The highest BCUT2D eigenvalue weighted by molar-refractivity contribution is 5.90. The highest BCUT2D eigenvalue weighted by Crippen LogP contribution is 2.38. The molecular formula is C11H8F2O2. The molecule has 0 spiro atoms. The standard InChI is InChI=1S/C11H8F2O2/c1-15-10(14)8-2-3-9-7(6-8)4-5-11(9,12)13/h2-6H,1H3. The first-order valence-corrected chi connectivity index (χ1v) is 4.34. The Hall–Kier alpha value is -1.71. The SMILES string of the molecule is COC(=O)c1ccc2c(c1)C=CC2(F)F. The maximum absolute atomic E-state index is 13.1. The second-order valence-electron chi connectivity index (χ2n) is 3.25. The number of carbonyl (C=O) groups excluding carboxylic acids is 1. The summed E-state index contributed by atoms with van der Waals surface area (Å²) in [6, 6.07) is 3.99. The van der Waals surface area contributed by atoms with E-state index in [9.17, 15) is 13.6 Å². The first kappa shape index (κ1) is 9.83. The highest BCUT2D eigenvalue weighted by atomic mass is 19.3. The second-order valence-corrected chi connectivity index (χ2v) is 3.25. The Morgan fingerprint density at radius 2 is 2.13 bits per heavy atom. The first-order valence-electron chi connectivity index (χ1n) is 4.34. The molecule has 0 fully saturated rings. The molecule has 1 aromatic rings. The normalized spacial score (nSPS) is 16.2. The van der Waals surface area contributed by atoms with Crippen LogP contribution in [0.15, 0.2) is 24.3 Å². The number of carbonyl (C=O) groups is 1. The predicted molar refractivity (Wildman–Crippen MR) is 50.7 cm³/mol. The van der Waals surface area contributed by atoms with Gasteiger partial charge in [-0.05, 0) is 23.8 Å². The van der Waals surface area contributed by atoms with E-state index in [2.05, 4.69) is 4.74 Å². The minimum absolute atomic E-state index is 0.0739. The molecule has 15 heavy (non-hydrogen) atoms. The van der Waals surface area contributed by atoms with Gasteiger partial charge in [-0.1, -0.05) is 12.1 Å². The molecule has 0 atom stereocenters. The van der Waals surface area contributed by atoms with Crippen LogP contribution in [0.5, 0.6) is 0 Å². The maximum atomic E-state index is 13.1. The Morgan fingerprint density at radius 3 is 2.80 bits per heavy atom. The molecule has 1 aromatic carbocycles. The summed E-state index contributed by atoms with van der Waals surface area (Å²) >= 11 is 0. The van der Waals surface area contributed by atoms with E-state index < -0.39 is 11.9 Å². The lowest BCUT2D eigenvalue weighted by atomic mass is 10.0. The van der Waals surface area contributed by atoms with Gasteiger partial charge in [0.05, 0.1) is 12.7 Å². The van der Waals surface area contributed by atoms with E-state index in [1.807, 2.05) is 0 Å². The van der Waals surface area contributed by atoms with Crippen molar-refractivity contribution in [1.82, 2.24) is 0 Å². The summed E-state index contributed by atoms with van der Waals surface area (Å²) in [4.78, 5) is 11.1. The number of hydrogen-bond donors (Lipinski definition) is 0. The van der Waals surface area contributed by atoms with E-state index >= 15 is 0 Å². The molecule has 0 saturated heterocycles. The molecular weight excluding hydrogens is 202 g/mol. The molecule has 0 unspecified atom stereocenters. The third-order valence-corrected chi connectivity index (χ3v) is 2.30. The number of ether oxygens (including phenoxy) is 1. The summed E-state index contributed by atoms with van der Waals surface area (Å²) in [5.41, 5.74) is 0.566. The van der Waals surface area contributed by atoms with Crippen molar-refractivity contribution in [2.75, 3.05) is 7.11 Å². The predicted octanol–water partition coefficient (Wildman–Crippen LogP) is 2.59. The second kappa shape index (κ2) is 3.15. The molecule has 0 heterocycles. The molecule has 2 nitrogen and oxygen atoms in total. The number of halogens is 2. The minimum Gasteiger partial charge on any atom is -0.465 e. The smallest absolute Gasteiger partial charge is 0.337 e. The van der Waals surface area contributed by atoms with Crippen molar-refractivity contribution in [3.05, 3.63) is 41.0 Å². The van der Waals surface area contributed by atoms with Gasteiger partial charge in [0.1, 0.15) is 0 Å². The molecule has 1 aliphatic carbocycles. The van der Waals surface area contributed by atoms with Crippen molar-refractivity contribution >= 4 is 12.0 Å². The van der Waals surface area contributed by atoms with Gasteiger partial charge in [-0.15, -0.1) is 0 Å². The molecule has 0 aliphatic heterocycles. The summed E-state index contributed by atoms with van der Waals surface area (Å²) < 4.78 is 30.8. The van der Waals surface area contributed by atoms with Crippen LogP contribution < -0.4 is 0 Å². The van der Waals surface area contributed by atoms with Crippen LogP contribution in [0.1, 0.15) is 21.5 Å². The molecule has 0 radical (unpaired) electrons. The van der Waals surface area contributed by atoms with Crippen LogP contribution in [-0.2, 0) is 10.7 Å². The average Bonchev–Trinajstić information content (AvgIpc) is 2.53. The Labute approximate surface area is 85.2 Å². The summed E-state index contributed by atoms with van der Waals surface area (Å²) in [5, 5.41) is 0. The molecule has 78 valence electrons. The molecule has 0 N–H and O–H groups in total. The van der Waals surface area contributed by atoms with Gasteiger partial charge in [0, 0.05) is 5.56 Å². The third kappa shape index (κ3) is 1.52. The van der Waals surface area contributed by atoms with Gasteiger partial charge in [-0.2, -0.15) is 8.78 Å². The van der Waals surface area contributed by atoms with Crippen LogP contribution in [0.25, 0.3) is 6.08 Å². The number of fused-ring (bicyclic) bond motifs is 1. The molecule has 1 aliphatic rings. The van der Waals surface area contributed by atoms with E-state index in [-0.39, 0.29) is 11.1 Å². The Balaban J connectivity index is 2.46. The lowest BCUT2D eigenvalue weighted by Crippen LogP contribution is -2.08. The fourth-order valence-corrected chi connectivity index (χ4v) is 1.53. The number of allylic oxidation sites excluding steroid dienone is 1. The molecule has 0 aromatic heterocycles. The number of hydrogen-bond acceptors (Lipinski definition) is 2. The van der Waals surface area contributed by atoms with Crippen LogP contribution in [0, 0.1) is 0 Å². The van der Waals surface area contributed by atoms with Crippen molar-refractivity contribution in [1.29, 1.82) is 0 Å². The fourth-order valence-electron chi connectivity index (χ4n) is 1.53. The van der Waals surface area contributed by atoms with Crippen molar-refractivity contribution < 1.29 is 18.3 Å². The largest absolute Gasteiger partial charge is 0.465 e. The molecule has 4 heteroatoms. The minimum atomic E-state index is -2.93. The van der Waals surface area contributed by atoms with Crippen molar-refractivity contribution in [2.45, 2.75) is 5.92 Å². The number of benzene rings is 1. The number of rotatable bonds is 1. The van der Waals surface area contributed by atoms with E-state index in [0.717, 1.165) is 6.08 Å². The number of esters is 1. The van der Waals surface area contributed by atoms with Crippen molar-refractivity contribution in [3.63, 3.8) is 0 Å². The Morgan fingerprint density at radius 1 is 1.40 bits per heavy atom. The van der Waals surface area contributed by atoms with Crippen molar-refractivity contribution in [2.24, 2.45) is 0 Å². The number of alkyl halides is 2. The quantitative estimate of drug-likeness (QED) is 0.666. The van der Waals surface area contributed by atoms with Gasteiger partial charge in [-0.3, -0.25) is 0 Å². The van der Waals surface area contributed by atoms with Gasteiger partial charge >= 0.3 is 5.97 Å². The van der Waals surface area contributed by atoms with Gasteiger partial charge in [0.25, 0.3) is 5.92 Å². The first-order chi connectivity index (χ1) is 7.04.